The lowest BCUT2D eigenvalue weighted by Gasteiger charge is -2.33. The van der Waals surface area contributed by atoms with Crippen LogP contribution < -0.4 is 0 Å². The lowest BCUT2D eigenvalue weighted by Crippen LogP contribution is -2.35. The zero-order valence-corrected chi connectivity index (χ0v) is 48.5. The van der Waals surface area contributed by atoms with Crippen LogP contribution in [0.5, 0.6) is 0 Å². The predicted octanol–water partition coefficient (Wildman–Crippen LogP) is 21.0. The number of ketones is 2. The van der Waals surface area contributed by atoms with Crippen molar-refractivity contribution in [3.63, 3.8) is 0 Å². The molecule has 4 aliphatic carbocycles. The van der Waals surface area contributed by atoms with Gasteiger partial charge in [-0.15, -0.1) is 0 Å². The van der Waals surface area contributed by atoms with Crippen LogP contribution in [0.1, 0.15) is 257 Å². The number of carbonyl (C=O) groups excluding carboxylic acids is 2. The van der Waals surface area contributed by atoms with Gasteiger partial charge in [0.15, 0.2) is 11.6 Å². The van der Waals surface area contributed by atoms with E-state index in [0.717, 1.165) is 44.5 Å². The molecule has 0 spiro atoms. The molecule has 396 valence electrons. The molecule has 4 nitrogen and oxygen atoms in total. The Kier molecular flexibility index (Phi) is 8.43. The molecular formula is C74H78N2O2. The third-order valence-corrected chi connectivity index (χ3v) is 19.7. The summed E-state index contributed by atoms with van der Waals surface area (Å²) < 4.78 is 111. The van der Waals surface area contributed by atoms with Crippen molar-refractivity contribution in [3.8, 4) is 22.3 Å². The summed E-state index contributed by atoms with van der Waals surface area (Å²) in [5.41, 5.74) is 8.44. The highest BCUT2D eigenvalue weighted by Crippen LogP contribution is 2.56. The molecule has 11 aromatic rings. The Balaban J connectivity index is 1.30. The topological polar surface area (TPSA) is 43.0 Å². The number of carbonyl (C=O) groups is 2. The average Bonchev–Trinajstić information content (AvgIpc) is 1.48. The summed E-state index contributed by atoms with van der Waals surface area (Å²) in [5, 5.41) is 1.94. The second-order valence-electron chi connectivity index (χ2n) is 26.9. The van der Waals surface area contributed by atoms with Gasteiger partial charge in [-0.3, -0.25) is 9.59 Å². The van der Waals surface area contributed by atoms with E-state index in [2.05, 4.69) is 107 Å². The summed E-state index contributed by atoms with van der Waals surface area (Å²) in [6.07, 6.45) is 2.67. The third-order valence-electron chi connectivity index (χ3n) is 19.7. The zero-order valence-electron chi connectivity index (χ0n) is 58.5. The van der Waals surface area contributed by atoms with Crippen molar-refractivity contribution in [2.75, 3.05) is 0 Å². The van der Waals surface area contributed by atoms with Crippen LogP contribution in [-0.2, 0) is 5.41 Å². The minimum atomic E-state index is -1.04. The molecule has 2 bridgehead atoms. The number of Topliss-reactive ketones (excluding diaryl/α,β-unsaturated/α-hetero) is 2. The molecule has 0 saturated heterocycles. The first-order chi connectivity index (χ1) is 41.2. The third kappa shape index (κ3) is 6.47. The monoisotopic (exact) mass is 1040 g/mol. The molecule has 4 aromatic heterocycles. The summed E-state index contributed by atoms with van der Waals surface area (Å²) >= 11 is 0. The molecule has 1 saturated carbocycles. The number of rotatable bonds is 8. The molecule has 78 heavy (non-hydrogen) atoms. The first-order valence-corrected chi connectivity index (χ1v) is 29.2. The Morgan fingerprint density at radius 3 is 1.18 bits per heavy atom. The van der Waals surface area contributed by atoms with E-state index in [-0.39, 0.29) is 190 Å². The maximum absolute atomic E-state index is 15.0. The minimum Gasteiger partial charge on any atom is -0.308 e. The van der Waals surface area contributed by atoms with Gasteiger partial charge in [-0.25, -0.2) is 0 Å². The Morgan fingerprint density at radius 2 is 0.782 bits per heavy atom. The molecule has 0 amide bonds. The molecule has 4 heterocycles. The van der Waals surface area contributed by atoms with Crippen molar-refractivity contribution < 1.29 is 23.3 Å². The van der Waals surface area contributed by atoms with Crippen molar-refractivity contribution in [1.29, 1.82) is 0 Å². The van der Waals surface area contributed by atoms with E-state index in [0.29, 0.717) is 64.2 Å². The van der Waals surface area contributed by atoms with Gasteiger partial charge in [0.05, 0.1) is 46.8 Å². The molecule has 0 N–H and O–H groups in total. The Labute approximate surface area is 475 Å². The van der Waals surface area contributed by atoms with Crippen molar-refractivity contribution in [2.24, 2.45) is 11.3 Å². The van der Waals surface area contributed by atoms with Gasteiger partial charge in [0, 0.05) is 71.0 Å². The predicted molar refractivity (Wildman–Crippen MR) is 331 cm³/mol. The van der Waals surface area contributed by atoms with Crippen LogP contribution in [0.25, 0.3) is 98.4 Å². The largest absolute Gasteiger partial charge is 0.308 e. The molecule has 7 aromatic carbocycles. The first-order valence-electron chi connectivity index (χ1n) is 34.2. The second-order valence-corrected chi connectivity index (χ2v) is 26.9. The molecule has 15 rings (SSSR count). The number of hydrogen-bond acceptors (Lipinski definition) is 2. The summed E-state index contributed by atoms with van der Waals surface area (Å²) in [7, 11) is 0. The highest BCUT2D eigenvalue weighted by atomic mass is 16.1. The van der Waals surface area contributed by atoms with Crippen LogP contribution in [0.3, 0.4) is 0 Å². The van der Waals surface area contributed by atoms with E-state index < -0.39 is 10.8 Å². The van der Waals surface area contributed by atoms with Gasteiger partial charge < -0.3 is 8.80 Å². The lowest BCUT2D eigenvalue weighted by atomic mass is 9.68. The molecule has 0 atom stereocenters. The zero-order chi connectivity index (χ0) is 63.5. The summed E-state index contributed by atoms with van der Waals surface area (Å²) in [4.78, 5) is 30.0. The number of fused-ring (bicyclic) bond motifs is 15. The number of benzene rings is 7. The van der Waals surface area contributed by atoms with Gasteiger partial charge in [-0.2, -0.15) is 0 Å². The molecule has 1 fully saturated rings. The standard InChI is InChI=1S/C74H78N2O2/c1-35(2)43-21-47(37(5)6)67(48(22-43)38(7)8)45-25-56-52-29-51-41-17-19-42(20-18-41)71(77)60(51)33-65(52)75-63-31-55-59-28-46(68-49(39(9)10)23-44(36(3)4)24-50(68)40(11)12)26-57-53-30-62-61(72(78)74(15,16)73(62,13)14)34-66(53)76(70(57)59)64(55)32-54(63)58(27-45)69(56)75/h21-42H,17-20H2,1-16H3/i25D,26D,27D,28D,29D,30D,31D,32D,33D,34D. The maximum Gasteiger partial charge on any atom is 0.169 e. The van der Waals surface area contributed by atoms with Crippen LogP contribution in [0.2, 0.25) is 0 Å². The normalized spacial score (nSPS) is 20.3. The van der Waals surface area contributed by atoms with E-state index in [1.165, 1.54) is 0 Å². The van der Waals surface area contributed by atoms with E-state index >= 15 is 4.79 Å². The molecule has 4 aliphatic rings. The van der Waals surface area contributed by atoms with Crippen molar-refractivity contribution >= 4 is 87.8 Å². The Bertz CT molecular complexity index is 4890. The minimum absolute atomic E-state index is 0.00251. The van der Waals surface area contributed by atoms with Crippen LogP contribution >= 0.6 is 0 Å². The smallest absolute Gasteiger partial charge is 0.169 e. The van der Waals surface area contributed by atoms with E-state index in [4.69, 9.17) is 0 Å². The Hall–Kier alpha value is -6.52. The summed E-state index contributed by atoms with van der Waals surface area (Å²) in [6.45, 7) is 33.1. The SMILES string of the molecule is [2H]c1c2c(c([2H])c3c1c1c([2H])c(-c4c(C(C)C)cc(C(C)C)cc4C(C)C)c([2H])c4c5c([2H])c6c(c([2H])c5n3c14)c1c([2H])c(-c3c(C(C)C)cc(C(C)C)cc3C(C)C)c([2H])c3c4c([2H])c5c(c([2H])c4n6c31)C(=O)C(C)(C)C5(C)C)C(=O)C1CCC2CC1. The van der Waals surface area contributed by atoms with E-state index in [9.17, 15) is 18.5 Å². The van der Waals surface area contributed by atoms with E-state index in [1.807, 2.05) is 27.7 Å². The Morgan fingerprint density at radius 1 is 0.423 bits per heavy atom. The first kappa shape index (κ1) is 39.8. The number of hydrogen-bond donors (Lipinski definition) is 0. The van der Waals surface area contributed by atoms with Crippen LogP contribution in [-0.4, -0.2) is 20.4 Å². The quantitative estimate of drug-likeness (QED) is 0.152. The van der Waals surface area contributed by atoms with Crippen molar-refractivity contribution in [1.82, 2.24) is 8.80 Å². The fourth-order valence-corrected chi connectivity index (χ4v) is 14.4. The second kappa shape index (κ2) is 16.5. The molecular weight excluding hydrogens is 949 g/mol. The average molecular weight is 1040 g/mol. The van der Waals surface area contributed by atoms with Gasteiger partial charge in [0.1, 0.15) is 0 Å². The maximum atomic E-state index is 15.0. The van der Waals surface area contributed by atoms with E-state index in [1.54, 1.807) is 8.80 Å². The summed E-state index contributed by atoms with van der Waals surface area (Å²) in [5.74, 6) is -0.904. The summed E-state index contributed by atoms with van der Waals surface area (Å²) in [6, 6.07) is 8.01. The van der Waals surface area contributed by atoms with Crippen molar-refractivity contribution in [2.45, 2.75) is 183 Å². The molecule has 4 heteroatoms. The molecule has 0 aliphatic heterocycles. The van der Waals surface area contributed by atoms with Gasteiger partial charge >= 0.3 is 0 Å². The highest BCUT2D eigenvalue weighted by molar-refractivity contribution is 6.31. The van der Waals surface area contributed by atoms with Crippen molar-refractivity contribution in [3.05, 3.63) is 140 Å². The number of aromatic nitrogens is 2. The fourth-order valence-electron chi connectivity index (χ4n) is 14.4. The van der Waals surface area contributed by atoms with Crippen LogP contribution in [0.15, 0.2) is 84.7 Å². The van der Waals surface area contributed by atoms with Gasteiger partial charge in [0.2, 0.25) is 0 Å². The van der Waals surface area contributed by atoms with Crippen LogP contribution in [0, 0.1) is 11.3 Å². The molecule has 0 unspecified atom stereocenters. The van der Waals surface area contributed by atoms with Gasteiger partial charge in [0.25, 0.3) is 0 Å². The number of nitrogens with zero attached hydrogens (tertiary/aromatic N) is 2. The molecule has 0 radical (unpaired) electrons. The van der Waals surface area contributed by atoms with Gasteiger partial charge in [-0.05, 0) is 194 Å². The highest BCUT2D eigenvalue weighted by Gasteiger charge is 2.52. The fraction of sp³-hybridized carbons (Fsp3) is 0.405. The van der Waals surface area contributed by atoms with Gasteiger partial charge in [-0.1, -0.05) is 135 Å². The van der Waals surface area contributed by atoms with Crippen LogP contribution in [0.4, 0.5) is 0 Å². The lowest BCUT2D eigenvalue weighted by molar-refractivity contribution is 0.0778.